The summed E-state index contributed by atoms with van der Waals surface area (Å²) in [5.74, 6) is -0.470. The number of benzene rings is 2. The van der Waals surface area contributed by atoms with Gasteiger partial charge < -0.3 is 5.32 Å². The van der Waals surface area contributed by atoms with Crippen molar-refractivity contribution in [2.75, 3.05) is 18.4 Å². The zero-order valence-electron chi connectivity index (χ0n) is 16.0. The van der Waals surface area contributed by atoms with Gasteiger partial charge in [0.1, 0.15) is 0 Å². The molecule has 6 heteroatoms. The average molecular weight is 387 g/mol. The van der Waals surface area contributed by atoms with Crippen molar-refractivity contribution in [1.82, 2.24) is 4.31 Å². The number of aryl methyl sites for hydroxylation is 3. The zero-order chi connectivity index (χ0) is 19.6. The fourth-order valence-electron chi connectivity index (χ4n) is 3.30. The molecule has 27 heavy (non-hydrogen) atoms. The molecule has 2 aromatic rings. The van der Waals surface area contributed by atoms with Crippen LogP contribution in [0.2, 0.25) is 0 Å². The number of nitrogens with one attached hydrogen (secondary N) is 1. The summed E-state index contributed by atoms with van der Waals surface area (Å²) in [5, 5.41) is 2.94. The number of hydrogen-bond acceptors (Lipinski definition) is 3. The first-order valence-corrected chi connectivity index (χ1v) is 10.7. The van der Waals surface area contributed by atoms with Crippen LogP contribution in [0.1, 0.15) is 29.5 Å². The lowest BCUT2D eigenvalue weighted by Crippen LogP contribution is -2.43. The van der Waals surface area contributed by atoms with Gasteiger partial charge >= 0.3 is 0 Å². The molecule has 1 heterocycles. The molecule has 1 amide bonds. The van der Waals surface area contributed by atoms with Crippen LogP contribution in [0.3, 0.4) is 0 Å². The Morgan fingerprint density at radius 3 is 2.41 bits per heavy atom. The van der Waals surface area contributed by atoms with Crippen LogP contribution >= 0.6 is 0 Å². The summed E-state index contributed by atoms with van der Waals surface area (Å²) < 4.78 is 27.2. The molecule has 2 aromatic carbocycles. The number of nitrogens with zero attached hydrogens (tertiary/aromatic N) is 1. The van der Waals surface area contributed by atoms with Gasteiger partial charge in [0.15, 0.2) is 0 Å². The van der Waals surface area contributed by atoms with Crippen molar-refractivity contribution in [2.24, 2.45) is 5.92 Å². The minimum atomic E-state index is -3.58. The summed E-state index contributed by atoms with van der Waals surface area (Å²) in [5.41, 5.74) is 4.04. The van der Waals surface area contributed by atoms with Crippen LogP contribution in [0.5, 0.6) is 0 Å². The Morgan fingerprint density at radius 2 is 1.74 bits per heavy atom. The molecule has 0 radical (unpaired) electrons. The van der Waals surface area contributed by atoms with Crippen molar-refractivity contribution in [3.8, 4) is 0 Å². The van der Waals surface area contributed by atoms with Crippen LogP contribution in [-0.2, 0) is 14.8 Å². The monoisotopic (exact) mass is 386 g/mol. The molecular formula is C21H26N2O3S. The molecular weight excluding hydrogens is 360 g/mol. The van der Waals surface area contributed by atoms with Gasteiger partial charge in [-0.05, 0) is 69.0 Å². The predicted octanol–water partition coefficient (Wildman–Crippen LogP) is 3.65. The van der Waals surface area contributed by atoms with Crippen LogP contribution in [0.4, 0.5) is 5.69 Å². The highest BCUT2D eigenvalue weighted by Gasteiger charge is 2.33. The molecule has 1 saturated heterocycles. The number of rotatable bonds is 4. The first kappa shape index (κ1) is 19.6. The molecule has 1 aliphatic rings. The Bertz CT molecular complexity index is 936. The van der Waals surface area contributed by atoms with Crippen molar-refractivity contribution in [3.05, 3.63) is 59.2 Å². The fourth-order valence-corrected chi connectivity index (χ4v) is 4.82. The van der Waals surface area contributed by atoms with E-state index in [9.17, 15) is 13.2 Å². The molecule has 0 spiro atoms. The van der Waals surface area contributed by atoms with E-state index in [-0.39, 0.29) is 23.3 Å². The second kappa shape index (κ2) is 7.82. The molecule has 144 valence electrons. The number of amides is 1. The highest BCUT2D eigenvalue weighted by atomic mass is 32.2. The number of carbonyl (C=O) groups excluding carboxylic acids is 1. The normalized spacial score (nSPS) is 18.3. The van der Waals surface area contributed by atoms with E-state index in [0.29, 0.717) is 19.4 Å². The first-order valence-electron chi connectivity index (χ1n) is 9.22. The summed E-state index contributed by atoms with van der Waals surface area (Å²) in [6, 6.07) is 12.6. The van der Waals surface area contributed by atoms with E-state index >= 15 is 0 Å². The van der Waals surface area contributed by atoms with Crippen molar-refractivity contribution in [3.63, 3.8) is 0 Å². The third kappa shape index (κ3) is 4.39. The van der Waals surface area contributed by atoms with Crippen molar-refractivity contribution < 1.29 is 13.2 Å². The minimum absolute atomic E-state index is 0.123. The SMILES string of the molecule is Cc1ccc(S(=O)(=O)N2CCCC(C(=O)Nc3ccc(C)c(C)c3)C2)cc1. The lowest BCUT2D eigenvalue weighted by atomic mass is 9.98. The quantitative estimate of drug-likeness (QED) is 0.872. The van der Waals surface area contributed by atoms with Gasteiger partial charge in [-0.1, -0.05) is 23.8 Å². The lowest BCUT2D eigenvalue weighted by Gasteiger charge is -2.31. The molecule has 0 saturated carbocycles. The van der Waals surface area contributed by atoms with Gasteiger partial charge in [0.05, 0.1) is 10.8 Å². The van der Waals surface area contributed by atoms with Crippen LogP contribution in [0.15, 0.2) is 47.4 Å². The van der Waals surface area contributed by atoms with E-state index in [1.54, 1.807) is 24.3 Å². The number of sulfonamides is 1. The summed E-state index contributed by atoms with van der Waals surface area (Å²) in [4.78, 5) is 13.0. The summed E-state index contributed by atoms with van der Waals surface area (Å²) >= 11 is 0. The van der Waals surface area contributed by atoms with E-state index in [4.69, 9.17) is 0 Å². The summed E-state index contributed by atoms with van der Waals surface area (Å²) in [6.07, 6.45) is 1.37. The third-order valence-electron chi connectivity index (χ3n) is 5.19. The molecule has 5 nitrogen and oxygen atoms in total. The third-order valence-corrected chi connectivity index (χ3v) is 7.07. The lowest BCUT2D eigenvalue weighted by molar-refractivity contribution is -0.120. The maximum atomic E-state index is 12.9. The molecule has 1 fully saturated rings. The first-order chi connectivity index (χ1) is 12.8. The van der Waals surface area contributed by atoms with E-state index in [0.717, 1.165) is 16.8 Å². The van der Waals surface area contributed by atoms with Gasteiger partial charge in [-0.15, -0.1) is 0 Å². The molecule has 1 atom stereocenters. The maximum Gasteiger partial charge on any atom is 0.243 e. The van der Waals surface area contributed by atoms with Crippen molar-refractivity contribution >= 4 is 21.6 Å². The van der Waals surface area contributed by atoms with Gasteiger partial charge in [-0.3, -0.25) is 4.79 Å². The standard InChI is InChI=1S/C21H26N2O3S/c1-15-6-10-20(11-7-15)27(25,26)23-12-4-5-18(14-23)21(24)22-19-9-8-16(2)17(3)13-19/h6-11,13,18H,4-5,12,14H2,1-3H3,(H,22,24). The number of hydrogen-bond donors (Lipinski definition) is 1. The summed E-state index contributed by atoms with van der Waals surface area (Å²) in [7, 11) is -3.58. The molecule has 0 aromatic heterocycles. The molecule has 1 unspecified atom stereocenters. The van der Waals surface area contributed by atoms with Gasteiger partial charge in [0.2, 0.25) is 15.9 Å². The van der Waals surface area contributed by atoms with E-state index in [2.05, 4.69) is 5.32 Å². The highest BCUT2D eigenvalue weighted by Crippen LogP contribution is 2.25. The van der Waals surface area contributed by atoms with Crippen LogP contribution in [0.25, 0.3) is 0 Å². The van der Waals surface area contributed by atoms with Crippen molar-refractivity contribution in [2.45, 2.75) is 38.5 Å². The number of piperidine rings is 1. The Balaban J connectivity index is 1.72. The van der Waals surface area contributed by atoms with Crippen molar-refractivity contribution in [1.29, 1.82) is 0 Å². The Hall–Kier alpha value is -2.18. The minimum Gasteiger partial charge on any atom is -0.326 e. The topological polar surface area (TPSA) is 66.5 Å². The van der Waals surface area contributed by atoms with Crippen LogP contribution in [-0.4, -0.2) is 31.7 Å². The predicted molar refractivity (Wildman–Crippen MR) is 107 cm³/mol. The highest BCUT2D eigenvalue weighted by molar-refractivity contribution is 7.89. The van der Waals surface area contributed by atoms with Crippen LogP contribution < -0.4 is 5.32 Å². The summed E-state index contributed by atoms with van der Waals surface area (Å²) in [6.45, 7) is 6.61. The number of anilines is 1. The molecule has 1 aliphatic heterocycles. The smallest absolute Gasteiger partial charge is 0.243 e. The maximum absolute atomic E-state index is 12.9. The zero-order valence-corrected chi connectivity index (χ0v) is 16.8. The van der Waals surface area contributed by atoms with E-state index < -0.39 is 10.0 Å². The van der Waals surface area contributed by atoms with E-state index in [1.807, 2.05) is 39.0 Å². The fraction of sp³-hybridized carbons (Fsp3) is 0.381. The average Bonchev–Trinajstić information content (AvgIpc) is 2.65. The Labute approximate surface area is 161 Å². The second-order valence-corrected chi connectivity index (χ2v) is 9.24. The molecule has 3 rings (SSSR count). The van der Waals surface area contributed by atoms with Gasteiger partial charge in [0.25, 0.3) is 0 Å². The molecule has 0 aliphatic carbocycles. The molecule has 0 bridgehead atoms. The second-order valence-electron chi connectivity index (χ2n) is 7.30. The largest absolute Gasteiger partial charge is 0.326 e. The van der Waals surface area contributed by atoms with Gasteiger partial charge in [-0.2, -0.15) is 4.31 Å². The van der Waals surface area contributed by atoms with Gasteiger partial charge in [-0.25, -0.2) is 8.42 Å². The Morgan fingerprint density at radius 1 is 1.04 bits per heavy atom. The van der Waals surface area contributed by atoms with Crippen LogP contribution in [0, 0.1) is 26.7 Å². The number of carbonyl (C=O) groups is 1. The molecule has 1 N–H and O–H groups in total. The van der Waals surface area contributed by atoms with E-state index in [1.165, 1.54) is 9.87 Å². The Kier molecular flexibility index (Phi) is 5.67. The van der Waals surface area contributed by atoms with Gasteiger partial charge in [0, 0.05) is 18.8 Å².